The van der Waals surface area contributed by atoms with Crippen LogP contribution in [0.2, 0.25) is 0 Å². The molecule has 0 saturated heterocycles. The van der Waals surface area contributed by atoms with Gasteiger partial charge in [0.25, 0.3) is 5.91 Å². The molecule has 0 unspecified atom stereocenters. The number of nitrogens with one attached hydrogen (secondary N) is 1. The Bertz CT molecular complexity index is 686. The summed E-state index contributed by atoms with van der Waals surface area (Å²) in [6, 6.07) is 9.71. The Morgan fingerprint density at radius 3 is 2.45 bits per heavy atom. The molecule has 0 aliphatic rings. The summed E-state index contributed by atoms with van der Waals surface area (Å²) in [6.45, 7) is 2.02. The van der Waals surface area contributed by atoms with E-state index in [1.54, 1.807) is 37.3 Å². The van der Waals surface area contributed by atoms with Crippen molar-refractivity contribution in [3.8, 4) is 11.5 Å². The molecule has 0 radical (unpaired) electrons. The van der Waals surface area contributed by atoms with Crippen LogP contribution in [-0.2, 0) is 6.54 Å². The third kappa shape index (κ3) is 3.55. The number of hydrogen-bond donors (Lipinski definition) is 1. The van der Waals surface area contributed by atoms with Crippen molar-refractivity contribution >= 4 is 5.91 Å². The minimum atomic E-state index is -0.255. The van der Waals surface area contributed by atoms with E-state index in [-0.39, 0.29) is 11.7 Å². The van der Waals surface area contributed by atoms with Gasteiger partial charge < -0.3 is 14.8 Å². The lowest BCUT2D eigenvalue weighted by Gasteiger charge is -2.10. The number of carbonyl (C=O) groups is 1. The van der Waals surface area contributed by atoms with Crippen molar-refractivity contribution in [3.63, 3.8) is 0 Å². The lowest BCUT2D eigenvalue weighted by atomic mass is 10.1. The fourth-order valence-electron chi connectivity index (χ4n) is 2.08. The summed E-state index contributed by atoms with van der Waals surface area (Å²) in [5, 5.41) is 2.79. The molecule has 0 atom stereocenters. The molecule has 0 bridgehead atoms. The van der Waals surface area contributed by atoms with Gasteiger partial charge >= 0.3 is 0 Å². The van der Waals surface area contributed by atoms with Gasteiger partial charge in [-0.2, -0.15) is 0 Å². The molecule has 0 spiro atoms. The van der Waals surface area contributed by atoms with Gasteiger partial charge in [0.05, 0.1) is 14.2 Å². The number of hydrogen-bond acceptors (Lipinski definition) is 3. The van der Waals surface area contributed by atoms with E-state index >= 15 is 0 Å². The molecule has 2 aromatic carbocycles. The molecule has 1 N–H and O–H groups in total. The van der Waals surface area contributed by atoms with Gasteiger partial charge in [-0.05, 0) is 42.3 Å². The summed E-state index contributed by atoms with van der Waals surface area (Å²) in [4.78, 5) is 12.2. The SMILES string of the molecule is COc1ccc(C(=O)NCc2ccc(F)c(C)c2)cc1OC. The summed E-state index contributed by atoms with van der Waals surface area (Å²) in [5.74, 6) is 0.568. The predicted molar refractivity (Wildman–Crippen MR) is 81.9 cm³/mol. The minimum Gasteiger partial charge on any atom is -0.493 e. The van der Waals surface area contributed by atoms with Crippen molar-refractivity contribution in [1.29, 1.82) is 0 Å². The first-order chi connectivity index (χ1) is 10.5. The van der Waals surface area contributed by atoms with E-state index in [0.29, 0.717) is 29.2 Å². The van der Waals surface area contributed by atoms with Gasteiger partial charge in [0.1, 0.15) is 5.82 Å². The number of methoxy groups -OCH3 is 2. The average molecular weight is 303 g/mol. The number of aryl methyl sites for hydroxylation is 1. The number of ether oxygens (including phenoxy) is 2. The quantitative estimate of drug-likeness (QED) is 0.923. The van der Waals surface area contributed by atoms with E-state index in [9.17, 15) is 9.18 Å². The number of rotatable bonds is 5. The zero-order valence-corrected chi connectivity index (χ0v) is 12.8. The normalized spacial score (nSPS) is 10.2. The van der Waals surface area contributed by atoms with Gasteiger partial charge in [0, 0.05) is 12.1 Å². The van der Waals surface area contributed by atoms with Gasteiger partial charge in [-0.15, -0.1) is 0 Å². The van der Waals surface area contributed by atoms with E-state index < -0.39 is 0 Å². The highest BCUT2D eigenvalue weighted by molar-refractivity contribution is 5.94. The maximum absolute atomic E-state index is 13.2. The first kappa shape index (κ1) is 15.8. The Morgan fingerprint density at radius 2 is 1.82 bits per heavy atom. The highest BCUT2D eigenvalue weighted by atomic mass is 19.1. The second-order valence-corrected chi connectivity index (χ2v) is 4.84. The number of benzene rings is 2. The molecule has 0 fully saturated rings. The molecule has 4 nitrogen and oxygen atoms in total. The molecule has 0 heterocycles. The van der Waals surface area contributed by atoms with Crippen LogP contribution in [0.15, 0.2) is 36.4 Å². The van der Waals surface area contributed by atoms with Gasteiger partial charge in [-0.25, -0.2) is 4.39 Å². The van der Waals surface area contributed by atoms with E-state index in [4.69, 9.17) is 9.47 Å². The third-order valence-corrected chi connectivity index (χ3v) is 3.32. The van der Waals surface area contributed by atoms with Crippen molar-refractivity contribution in [2.75, 3.05) is 14.2 Å². The first-order valence-electron chi connectivity index (χ1n) is 6.80. The summed E-state index contributed by atoms with van der Waals surface area (Å²) in [7, 11) is 3.05. The van der Waals surface area contributed by atoms with Crippen molar-refractivity contribution in [1.82, 2.24) is 5.32 Å². The molecule has 5 heteroatoms. The second-order valence-electron chi connectivity index (χ2n) is 4.84. The molecule has 0 saturated carbocycles. The van der Waals surface area contributed by atoms with E-state index in [1.807, 2.05) is 0 Å². The fraction of sp³-hybridized carbons (Fsp3) is 0.235. The molecule has 0 aliphatic heterocycles. The monoisotopic (exact) mass is 303 g/mol. The minimum absolute atomic E-state index is 0.233. The third-order valence-electron chi connectivity index (χ3n) is 3.32. The molecular formula is C17H18FNO3. The van der Waals surface area contributed by atoms with Crippen LogP contribution in [0.4, 0.5) is 4.39 Å². The van der Waals surface area contributed by atoms with Gasteiger partial charge in [0.15, 0.2) is 11.5 Å². The van der Waals surface area contributed by atoms with Gasteiger partial charge in [-0.1, -0.05) is 12.1 Å². The standard InChI is InChI=1S/C17H18FNO3/c1-11-8-12(4-6-14(11)18)10-19-17(20)13-5-7-15(21-2)16(9-13)22-3/h4-9H,10H2,1-3H3,(H,19,20). The molecule has 22 heavy (non-hydrogen) atoms. The Balaban J connectivity index is 2.07. The molecule has 0 aliphatic carbocycles. The second kappa shape index (κ2) is 6.93. The smallest absolute Gasteiger partial charge is 0.251 e. The number of amides is 1. The lowest BCUT2D eigenvalue weighted by molar-refractivity contribution is 0.0950. The summed E-state index contributed by atoms with van der Waals surface area (Å²) in [5.41, 5.74) is 1.86. The van der Waals surface area contributed by atoms with Crippen LogP contribution in [0.25, 0.3) is 0 Å². The highest BCUT2D eigenvalue weighted by Crippen LogP contribution is 2.27. The Hall–Kier alpha value is -2.56. The molecule has 116 valence electrons. The van der Waals surface area contributed by atoms with Gasteiger partial charge in [0.2, 0.25) is 0 Å². The highest BCUT2D eigenvalue weighted by Gasteiger charge is 2.10. The van der Waals surface area contributed by atoms with Crippen LogP contribution in [0.5, 0.6) is 11.5 Å². The Labute approximate surface area is 128 Å². The van der Waals surface area contributed by atoms with Crippen LogP contribution in [-0.4, -0.2) is 20.1 Å². The number of carbonyl (C=O) groups excluding carboxylic acids is 1. The Morgan fingerprint density at radius 1 is 1.09 bits per heavy atom. The molecule has 2 rings (SSSR count). The molecule has 2 aromatic rings. The van der Waals surface area contributed by atoms with Crippen LogP contribution in [0.3, 0.4) is 0 Å². The Kier molecular flexibility index (Phi) is 4.99. The number of halogens is 1. The molecule has 0 aromatic heterocycles. The largest absolute Gasteiger partial charge is 0.493 e. The van der Waals surface area contributed by atoms with Crippen LogP contribution in [0, 0.1) is 12.7 Å². The lowest BCUT2D eigenvalue weighted by Crippen LogP contribution is -2.22. The maximum Gasteiger partial charge on any atom is 0.251 e. The summed E-state index contributed by atoms with van der Waals surface area (Å²) >= 11 is 0. The van der Waals surface area contributed by atoms with Crippen LogP contribution in [0.1, 0.15) is 21.5 Å². The average Bonchev–Trinajstić information content (AvgIpc) is 2.54. The fourth-order valence-corrected chi connectivity index (χ4v) is 2.08. The molecule has 1 amide bonds. The van der Waals surface area contributed by atoms with Crippen molar-refractivity contribution < 1.29 is 18.7 Å². The van der Waals surface area contributed by atoms with Crippen molar-refractivity contribution in [3.05, 3.63) is 58.9 Å². The summed E-state index contributed by atoms with van der Waals surface area (Å²) < 4.78 is 23.5. The van der Waals surface area contributed by atoms with Crippen molar-refractivity contribution in [2.45, 2.75) is 13.5 Å². The molecular weight excluding hydrogens is 285 g/mol. The van der Waals surface area contributed by atoms with E-state index in [0.717, 1.165) is 5.56 Å². The van der Waals surface area contributed by atoms with E-state index in [2.05, 4.69) is 5.32 Å². The summed E-state index contributed by atoms with van der Waals surface area (Å²) in [6.07, 6.45) is 0. The zero-order valence-electron chi connectivity index (χ0n) is 12.8. The zero-order chi connectivity index (χ0) is 16.1. The topological polar surface area (TPSA) is 47.6 Å². The van der Waals surface area contributed by atoms with Crippen LogP contribution >= 0.6 is 0 Å². The predicted octanol–water partition coefficient (Wildman–Crippen LogP) is 3.08. The van der Waals surface area contributed by atoms with Crippen molar-refractivity contribution in [2.24, 2.45) is 0 Å². The van der Waals surface area contributed by atoms with Gasteiger partial charge in [-0.3, -0.25) is 4.79 Å². The first-order valence-corrected chi connectivity index (χ1v) is 6.80. The maximum atomic E-state index is 13.2. The van der Waals surface area contributed by atoms with E-state index in [1.165, 1.54) is 20.3 Å². The van der Waals surface area contributed by atoms with Crippen LogP contribution < -0.4 is 14.8 Å².